The van der Waals surface area contributed by atoms with Crippen LogP contribution in [0.3, 0.4) is 0 Å². The second-order valence-corrected chi connectivity index (χ2v) is 11.0. The van der Waals surface area contributed by atoms with Crippen LogP contribution < -0.4 is 15.1 Å². The van der Waals surface area contributed by atoms with Crippen LogP contribution in [0.25, 0.3) is 6.08 Å². The van der Waals surface area contributed by atoms with Gasteiger partial charge in [0.1, 0.15) is 13.1 Å². The van der Waals surface area contributed by atoms with Crippen LogP contribution in [0, 0.1) is 0 Å². The largest absolute Gasteiger partial charge is 0.354 e. The second-order valence-electron chi connectivity index (χ2n) is 9.45. The number of anilines is 1. The van der Waals surface area contributed by atoms with Crippen LogP contribution in [0.15, 0.2) is 88.7 Å². The molecule has 0 bridgehead atoms. The first kappa shape index (κ1) is 27.0. The fraction of sp³-hybridized carbons (Fsp3) is 0.267. The third-order valence-corrected chi connectivity index (χ3v) is 7.68. The highest BCUT2D eigenvalue weighted by atomic mass is 35.5. The normalized spacial score (nSPS) is 15.1. The number of hydrogen-bond donors (Lipinski definition) is 2. The molecule has 0 saturated carbocycles. The van der Waals surface area contributed by atoms with Crippen molar-refractivity contribution in [3.63, 3.8) is 0 Å². The molecule has 1 atom stereocenters. The van der Waals surface area contributed by atoms with Crippen molar-refractivity contribution >= 4 is 46.9 Å². The number of nitrogens with zero attached hydrogens (tertiary/aromatic N) is 1. The van der Waals surface area contributed by atoms with Crippen LogP contribution >= 0.6 is 23.4 Å². The number of carbonyl (C=O) groups excluding carboxylic acids is 2. The summed E-state index contributed by atoms with van der Waals surface area (Å²) < 4.78 is 0. The zero-order chi connectivity index (χ0) is 26.2. The molecule has 0 saturated heterocycles. The van der Waals surface area contributed by atoms with Crippen molar-refractivity contribution in [3.8, 4) is 0 Å². The summed E-state index contributed by atoms with van der Waals surface area (Å²) in [7, 11) is 0. The number of halogens is 1. The summed E-state index contributed by atoms with van der Waals surface area (Å²) in [6, 6.07) is 26.0. The molecule has 1 aliphatic rings. The fourth-order valence-electron chi connectivity index (χ4n) is 4.35. The maximum Gasteiger partial charge on any atom is 0.265 e. The van der Waals surface area contributed by atoms with Crippen LogP contribution in [-0.2, 0) is 16.1 Å². The monoisotopic (exact) mass is 534 g/mol. The lowest BCUT2D eigenvalue weighted by atomic mass is 10.2. The molecule has 4 rings (SSSR count). The van der Waals surface area contributed by atoms with Crippen molar-refractivity contribution in [3.05, 3.63) is 99.9 Å². The number of fused-ring (bicyclic) bond motifs is 1. The summed E-state index contributed by atoms with van der Waals surface area (Å²) in [6.45, 7) is 6.93. The molecule has 0 aromatic heterocycles. The molecule has 192 valence electrons. The molecule has 37 heavy (non-hydrogen) atoms. The number of thioether (sulfide) groups is 1. The standard InChI is InChI=1S/C30H32ClN3O2S/c1-22(2)33(20-23-10-4-3-5-11-23)17-9-16-32-29(35)21-34-26-14-6-7-15-27(26)37-28(30(34)36)19-24-12-8-13-25(31)18-24/h3-8,10-15,18-19,22H,9,16-17,20-21H2,1-2H3,(H,32,35)/p+1. The summed E-state index contributed by atoms with van der Waals surface area (Å²) in [5.74, 6) is -0.344. The molecule has 0 spiro atoms. The smallest absolute Gasteiger partial charge is 0.265 e. The molecule has 1 heterocycles. The molecule has 3 aromatic rings. The van der Waals surface area contributed by atoms with Gasteiger partial charge in [0.15, 0.2) is 0 Å². The molecule has 1 aliphatic heterocycles. The Morgan fingerprint density at radius 3 is 2.57 bits per heavy atom. The lowest BCUT2D eigenvalue weighted by Gasteiger charge is -2.30. The average Bonchev–Trinajstić information content (AvgIpc) is 2.89. The minimum absolute atomic E-state index is 0.0198. The van der Waals surface area contributed by atoms with E-state index in [0.717, 1.165) is 35.7 Å². The first-order valence-electron chi connectivity index (χ1n) is 12.6. The number of benzene rings is 3. The van der Waals surface area contributed by atoms with Crippen LogP contribution in [0.4, 0.5) is 5.69 Å². The number of nitrogens with one attached hydrogen (secondary N) is 2. The number of amides is 2. The molecule has 0 radical (unpaired) electrons. The van der Waals surface area contributed by atoms with E-state index in [0.29, 0.717) is 22.5 Å². The van der Waals surface area contributed by atoms with E-state index in [1.165, 1.54) is 22.2 Å². The Morgan fingerprint density at radius 2 is 1.81 bits per heavy atom. The molecule has 3 aromatic carbocycles. The van der Waals surface area contributed by atoms with Crippen LogP contribution in [-0.4, -0.2) is 37.5 Å². The van der Waals surface area contributed by atoms with Gasteiger partial charge in [-0.3, -0.25) is 14.5 Å². The quantitative estimate of drug-likeness (QED) is 0.290. The predicted molar refractivity (Wildman–Crippen MR) is 153 cm³/mol. The van der Waals surface area contributed by atoms with Gasteiger partial charge in [0.2, 0.25) is 5.91 Å². The minimum atomic E-state index is -0.183. The Hall–Kier alpha value is -3.06. The van der Waals surface area contributed by atoms with Gasteiger partial charge in [0.25, 0.3) is 5.91 Å². The molecule has 1 unspecified atom stereocenters. The zero-order valence-electron chi connectivity index (χ0n) is 21.2. The fourth-order valence-corrected chi connectivity index (χ4v) is 5.61. The molecule has 5 nitrogen and oxygen atoms in total. The first-order chi connectivity index (χ1) is 17.9. The van der Waals surface area contributed by atoms with Gasteiger partial charge in [-0.15, -0.1) is 0 Å². The SMILES string of the molecule is CC(C)[NH+](CCCNC(=O)CN1C(=O)C(=Cc2cccc(Cl)c2)Sc2ccccc21)Cc1ccccc1. The number of carbonyl (C=O) groups is 2. The summed E-state index contributed by atoms with van der Waals surface area (Å²) in [4.78, 5) is 30.8. The van der Waals surface area contributed by atoms with E-state index >= 15 is 0 Å². The third kappa shape index (κ3) is 7.48. The third-order valence-electron chi connectivity index (χ3n) is 6.37. The molecule has 0 fully saturated rings. The van der Waals surface area contributed by atoms with Crippen molar-refractivity contribution in [1.82, 2.24) is 5.32 Å². The van der Waals surface area contributed by atoms with E-state index in [-0.39, 0.29) is 18.4 Å². The van der Waals surface area contributed by atoms with Gasteiger partial charge in [-0.05, 0) is 49.8 Å². The highest BCUT2D eigenvalue weighted by Crippen LogP contribution is 2.41. The van der Waals surface area contributed by atoms with Gasteiger partial charge >= 0.3 is 0 Å². The topological polar surface area (TPSA) is 53.9 Å². The van der Waals surface area contributed by atoms with Gasteiger partial charge in [-0.25, -0.2) is 0 Å². The van der Waals surface area contributed by atoms with Gasteiger partial charge in [-0.2, -0.15) is 0 Å². The van der Waals surface area contributed by atoms with E-state index in [1.54, 1.807) is 11.0 Å². The Bertz CT molecular complexity index is 1260. The summed E-state index contributed by atoms with van der Waals surface area (Å²) in [5.41, 5.74) is 2.92. The number of rotatable bonds is 10. The van der Waals surface area contributed by atoms with E-state index in [2.05, 4.69) is 43.4 Å². The number of para-hydroxylation sites is 1. The van der Waals surface area contributed by atoms with Crippen molar-refractivity contribution in [1.29, 1.82) is 0 Å². The second kappa shape index (κ2) is 13.0. The number of hydrogen-bond acceptors (Lipinski definition) is 3. The average molecular weight is 535 g/mol. The van der Waals surface area contributed by atoms with E-state index in [4.69, 9.17) is 11.6 Å². The minimum Gasteiger partial charge on any atom is -0.354 e. The molecular weight excluding hydrogens is 502 g/mol. The van der Waals surface area contributed by atoms with Crippen LogP contribution in [0.5, 0.6) is 0 Å². The van der Waals surface area contributed by atoms with Crippen molar-refractivity contribution in [2.75, 3.05) is 24.5 Å². The van der Waals surface area contributed by atoms with Crippen LogP contribution in [0.2, 0.25) is 5.02 Å². The van der Waals surface area contributed by atoms with E-state index in [9.17, 15) is 9.59 Å². The maximum atomic E-state index is 13.4. The Balaban J connectivity index is 1.37. The van der Waals surface area contributed by atoms with E-state index in [1.807, 2.05) is 54.6 Å². The highest BCUT2D eigenvalue weighted by molar-refractivity contribution is 8.04. The predicted octanol–water partition coefficient (Wildman–Crippen LogP) is 4.82. The van der Waals surface area contributed by atoms with Gasteiger partial charge in [0.05, 0.1) is 23.2 Å². The first-order valence-corrected chi connectivity index (χ1v) is 13.8. The summed E-state index contributed by atoms with van der Waals surface area (Å²) >= 11 is 7.55. The number of quaternary nitrogens is 1. The van der Waals surface area contributed by atoms with Crippen molar-refractivity contribution in [2.45, 2.75) is 37.8 Å². The Morgan fingerprint density at radius 1 is 1.05 bits per heavy atom. The molecule has 2 amide bonds. The molecule has 2 N–H and O–H groups in total. The zero-order valence-corrected chi connectivity index (χ0v) is 22.8. The van der Waals surface area contributed by atoms with Crippen molar-refractivity contribution < 1.29 is 14.5 Å². The molecular formula is C30H33ClN3O2S+. The Labute approximate surface area is 228 Å². The van der Waals surface area contributed by atoms with Gasteiger partial charge in [-0.1, -0.05) is 78.0 Å². The summed E-state index contributed by atoms with van der Waals surface area (Å²) in [6.07, 6.45) is 2.70. The molecule has 0 aliphatic carbocycles. The van der Waals surface area contributed by atoms with E-state index < -0.39 is 0 Å². The van der Waals surface area contributed by atoms with Crippen LogP contribution in [0.1, 0.15) is 31.4 Å². The lowest BCUT2D eigenvalue weighted by Crippen LogP contribution is -3.13. The maximum absolute atomic E-state index is 13.4. The van der Waals surface area contributed by atoms with Gasteiger partial charge < -0.3 is 10.2 Å². The highest BCUT2D eigenvalue weighted by Gasteiger charge is 2.30. The van der Waals surface area contributed by atoms with Crippen molar-refractivity contribution in [2.24, 2.45) is 0 Å². The molecule has 7 heteroatoms. The summed E-state index contributed by atoms with van der Waals surface area (Å²) in [5, 5.41) is 3.63. The lowest BCUT2D eigenvalue weighted by molar-refractivity contribution is -0.935. The van der Waals surface area contributed by atoms with Gasteiger partial charge in [0, 0.05) is 28.4 Å². The Kier molecular flexibility index (Phi) is 9.45.